The number of nitro groups is 1. The van der Waals surface area contributed by atoms with Crippen molar-refractivity contribution in [3.05, 3.63) is 76.2 Å². The highest BCUT2D eigenvalue weighted by Crippen LogP contribution is 2.20. The number of H-pyrrole nitrogens is 1. The van der Waals surface area contributed by atoms with Crippen LogP contribution >= 0.6 is 0 Å². The van der Waals surface area contributed by atoms with Gasteiger partial charge in [0.1, 0.15) is 5.82 Å². The zero-order valence-corrected chi connectivity index (χ0v) is 14.4. The first-order valence-electron chi connectivity index (χ1n) is 7.45. The zero-order valence-electron chi connectivity index (χ0n) is 13.5. The van der Waals surface area contributed by atoms with Crippen LogP contribution in [0, 0.1) is 15.9 Å². The molecule has 0 atom stereocenters. The molecular formula is C16H12FN5O4S. The number of nitro benzene ring substituents is 1. The molecule has 2 N–H and O–H groups in total. The third-order valence-corrected chi connectivity index (χ3v) is 4.74. The summed E-state index contributed by atoms with van der Waals surface area (Å²) in [7, 11) is -4.09. The van der Waals surface area contributed by atoms with E-state index in [1.165, 1.54) is 54.9 Å². The van der Waals surface area contributed by atoms with Gasteiger partial charge in [-0.05, 0) is 30.3 Å². The van der Waals surface area contributed by atoms with Gasteiger partial charge in [-0.2, -0.15) is 18.6 Å². The molecule has 2 aromatic carbocycles. The van der Waals surface area contributed by atoms with E-state index in [0.717, 1.165) is 6.07 Å². The highest BCUT2D eigenvalue weighted by Gasteiger charge is 2.17. The van der Waals surface area contributed by atoms with Gasteiger partial charge >= 0.3 is 0 Å². The van der Waals surface area contributed by atoms with Crippen molar-refractivity contribution in [1.29, 1.82) is 0 Å². The Balaban J connectivity index is 1.80. The lowest BCUT2D eigenvalue weighted by molar-refractivity contribution is -0.385. The minimum atomic E-state index is -4.09. The smallest absolute Gasteiger partial charge is 0.276 e. The molecule has 3 aromatic rings. The Hall–Kier alpha value is -3.60. The van der Waals surface area contributed by atoms with Crippen LogP contribution < -0.4 is 4.83 Å². The quantitative estimate of drug-likeness (QED) is 0.380. The number of benzene rings is 2. The fraction of sp³-hybridized carbons (Fsp3) is 0. The molecule has 0 unspecified atom stereocenters. The maximum Gasteiger partial charge on any atom is 0.276 e. The molecule has 0 amide bonds. The number of hydrogen-bond acceptors (Lipinski definition) is 6. The van der Waals surface area contributed by atoms with E-state index in [1.54, 1.807) is 0 Å². The molecule has 1 heterocycles. The van der Waals surface area contributed by atoms with Crippen LogP contribution in [0.4, 0.5) is 10.1 Å². The Kier molecular flexibility index (Phi) is 4.94. The number of nitrogens with one attached hydrogen (secondary N) is 2. The lowest BCUT2D eigenvalue weighted by Crippen LogP contribution is -2.18. The van der Waals surface area contributed by atoms with Gasteiger partial charge in [0, 0.05) is 23.3 Å². The molecule has 0 spiro atoms. The SMILES string of the molecule is O=[N+]([O-])c1cccc(S(=O)(=O)N/N=C\c2cn[nH]c2-c2ccc(F)cc2)c1. The predicted octanol–water partition coefficient (Wildman–Crippen LogP) is 2.44. The number of hydrogen-bond donors (Lipinski definition) is 2. The van der Waals surface area contributed by atoms with Gasteiger partial charge in [-0.25, -0.2) is 9.22 Å². The minimum absolute atomic E-state index is 0.292. The van der Waals surface area contributed by atoms with Gasteiger partial charge in [-0.15, -0.1) is 0 Å². The van der Waals surface area contributed by atoms with Crippen molar-refractivity contribution in [3.8, 4) is 11.3 Å². The van der Waals surface area contributed by atoms with E-state index >= 15 is 0 Å². The molecule has 27 heavy (non-hydrogen) atoms. The van der Waals surface area contributed by atoms with Crippen molar-refractivity contribution in [2.24, 2.45) is 5.10 Å². The normalized spacial score (nSPS) is 11.6. The number of aromatic nitrogens is 2. The molecule has 3 rings (SSSR count). The molecule has 0 radical (unpaired) electrons. The van der Waals surface area contributed by atoms with Gasteiger partial charge in [0.05, 0.1) is 27.9 Å². The van der Waals surface area contributed by atoms with Gasteiger partial charge < -0.3 is 0 Å². The van der Waals surface area contributed by atoms with Gasteiger partial charge in [0.2, 0.25) is 0 Å². The van der Waals surface area contributed by atoms with Crippen LogP contribution in [0.15, 0.2) is 64.7 Å². The van der Waals surface area contributed by atoms with E-state index in [0.29, 0.717) is 16.8 Å². The summed E-state index contributed by atoms with van der Waals surface area (Å²) < 4.78 is 37.5. The number of rotatable bonds is 6. The summed E-state index contributed by atoms with van der Waals surface area (Å²) in [6.45, 7) is 0. The van der Waals surface area contributed by atoms with Crippen LogP contribution in [0.25, 0.3) is 11.3 Å². The summed E-state index contributed by atoms with van der Waals surface area (Å²) >= 11 is 0. The van der Waals surface area contributed by atoms with E-state index in [9.17, 15) is 22.9 Å². The number of aromatic amines is 1. The van der Waals surface area contributed by atoms with Crippen LogP contribution in [-0.4, -0.2) is 29.8 Å². The molecule has 0 aliphatic rings. The van der Waals surface area contributed by atoms with E-state index in [4.69, 9.17) is 0 Å². The molecule has 0 saturated carbocycles. The molecule has 0 saturated heterocycles. The number of non-ortho nitro benzene ring substituents is 1. The van der Waals surface area contributed by atoms with Crippen LogP contribution in [-0.2, 0) is 10.0 Å². The molecule has 1 aromatic heterocycles. The molecule has 11 heteroatoms. The number of sulfonamides is 1. The van der Waals surface area contributed by atoms with E-state index in [1.807, 2.05) is 4.83 Å². The summed E-state index contributed by atoms with van der Waals surface area (Å²) in [5.41, 5.74) is 1.27. The first-order valence-corrected chi connectivity index (χ1v) is 8.94. The summed E-state index contributed by atoms with van der Waals surface area (Å²) in [5.74, 6) is -0.391. The Bertz CT molecular complexity index is 1110. The summed E-state index contributed by atoms with van der Waals surface area (Å²) in [6.07, 6.45) is 2.64. The average Bonchev–Trinajstić information content (AvgIpc) is 3.11. The number of halogens is 1. The van der Waals surface area contributed by atoms with Crippen molar-refractivity contribution in [3.63, 3.8) is 0 Å². The Morgan fingerprint density at radius 1 is 1.22 bits per heavy atom. The van der Waals surface area contributed by atoms with Crippen LogP contribution in [0.1, 0.15) is 5.56 Å². The summed E-state index contributed by atoms with van der Waals surface area (Å²) in [6, 6.07) is 10.2. The molecular weight excluding hydrogens is 377 g/mol. The van der Waals surface area contributed by atoms with Crippen molar-refractivity contribution in [2.45, 2.75) is 4.90 Å². The van der Waals surface area contributed by atoms with Crippen LogP contribution in [0.3, 0.4) is 0 Å². The first kappa shape index (κ1) is 18.2. The highest BCUT2D eigenvalue weighted by molar-refractivity contribution is 7.89. The maximum atomic E-state index is 13.0. The Morgan fingerprint density at radius 2 is 1.96 bits per heavy atom. The lowest BCUT2D eigenvalue weighted by Gasteiger charge is -2.03. The van der Waals surface area contributed by atoms with Crippen molar-refractivity contribution in [2.75, 3.05) is 0 Å². The number of hydrazone groups is 1. The zero-order chi connectivity index (χ0) is 19.4. The topological polar surface area (TPSA) is 130 Å². The summed E-state index contributed by atoms with van der Waals surface area (Å²) in [4.78, 5) is 11.8. The fourth-order valence-electron chi connectivity index (χ4n) is 2.22. The van der Waals surface area contributed by atoms with Crippen molar-refractivity contribution in [1.82, 2.24) is 15.0 Å². The van der Waals surface area contributed by atoms with Gasteiger partial charge in [0.15, 0.2) is 0 Å². The van der Waals surface area contributed by atoms with Gasteiger partial charge in [0.25, 0.3) is 15.7 Å². The first-order chi connectivity index (χ1) is 12.9. The minimum Gasteiger partial charge on any atom is -0.277 e. The van der Waals surface area contributed by atoms with Gasteiger partial charge in [-0.1, -0.05) is 6.07 Å². The van der Waals surface area contributed by atoms with E-state index in [2.05, 4.69) is 15.3 Å². The van der Waals surface area contributed by atoms with Gasteiger partial charge in [-0.3, -0.25) is 15.2 Å². The Labute approximate surface area is 152 Å². The molecule has 0 fully saturated rings. The third kappa shape index (κ3) is 4.15. The molecule has 0 aliphatic carbocycles. The second-order valence-corrected chi connectivity index (χ2v) is 6.98. The predicted molar refractivity (Wildman–Crippen MR) is 95.0 cm³/mol. The van der Waals surface area contributed by atoms with E-state index < -0.39 is 20.8 Å². The standard InChI is InChI=1S/C16H12FN5O4S/c17-13-6-4-11(5-7-13)16-12(9-18-20-16)10-19-21-27(25,26)15-3-1-2-14(8-15)22(23)24/h1-10,21H,(H,18,20)/b19-10-. The largest absolute Gasteiger partial charge is 0.277 e. The fourth-order valence-corrected chi connectivity index (χ4v) is 3.05. The van der Waals surface area contributed by atoms with Crippen molar-refractivity contribution < 1.29 is 17.7 Å². The second-order valence-electron chi connectivity index (χ2n) is 5.31. The third-order valence-electron chi connectivity index (χ3n) is 3.52. The van der Waals surface area contributed by atoms with Crippen LogP contribution in [0.2, 0.25) is 0 Å². The monoisotopic (exact) mass is 389 g/mol. The highest BCUT2D eigenvalue weighted by atomic mass is 32.2. The Morgan fingerprint density at radius 3 is 2.67 bits per heavy atom. The van der Waals surface area contributed by atoms with Crippen molar-refractivity contribution >= 4 is 21.9 Å². The van der Waals surface area contributed by atoms with Crippen LogP contribution in [0.5, 0.6) is 0 Å². The number of nitrogens with zero attached hydrogens (tertiary/aromatic N) is 3. The van der Waals surface area contributed by atoms with E-state index in [-0.39, 0.29) is 10.6 Å². The molecule has 0 aliphatic heterocycles. The molecule has 9 nitrogen and oxygen atoms in total. The maximum absolute atomic E-state index is 13.0. The molecule has 138 valence electrons. The average molecular weight is 389 g/mol. The summed E-state index contributed by atoms with van der Waals surface area (Å²) in [5, 5.41) is 21.0. The molecule has 0 bridgehead atoms. The second kappa shape index (κ2) is 7.33. The lowest BCUT2D eigenvalue weighted by atomic mass is 10.1.